The Morgan fingerprint density at radius 3 is 2.71 bits per heavy atom. The molecule has 0 amide bonds. The third kappa shape index (κ3) is 4.85. The summed E-state index contributed by atoms with van der Waals surface area (Å²) in [6.45, 7) is 4.45. The van der Waals surface area contributed by atoms with E-state index in [9.17, 15) is 4.79 Å². The second-order valence-corrected chi connectivity index (χ2v) is 6.07. The summed E-state index contributed by atoms with van der Waals surface area (Å²) in [5.74, 6) is 0.527. The Balaban J connectivity index is 3.10. The van der Waals surface area contributed by atoms with Gasteiger partial charge in [-0.15, -0.1) is 18.5 Å². The lowest BCUT2D eigenvalue weighted by Crippen LogP contribution is -2.26. The molecule has 1 rings (SSSR count). The fourth-order valence-electron chi connectivity index (χ4n) is 1.54. The van der Waals surface area contributed by atoms with E-state index >= 15 is 0 Å². The summed E-state index contributed by atoms with van der Waals surface area (Å²) in [6.07, 6.45) is 8.51. The van der Waals surface area contributed by atoms with Gasteiger partial charge >= 0.3 is 5.69 Å². The van der Waals surface area contributed by atoms with Crippen molar-refractivity contribution in [2.75, 3.05) is 6.54 Å². The molecule has 0 aliphatic heterocycles. The molecule has 0 fully saturated rings. The van der Waals surface area contributed by atoms with Crippen molar-refractivity contribution in [1.29, 1.82) is 0 Å². The van der Waals surface area contributed by atoms with Crippen LogP contribution in [0.4, 0.5) is 0 Å². The summed E-state index contributed by atoms with van der Waals surface area (Å²) in [5, 5.41) is 5.05. The van der Waals surface area contributed by atoms with Gasteiger partial charge in [0.15, 0.2) is 0 Å². The minimum atomic E-state index is -0.247. The molecule has 8 heteroatoms. The minimum Gasteiger partial charge on any atom is -0.327 e. The van der Waals surface area contributed by atoms with E-state index < -0.39 is 0 Å². The van der Waals surface area contributed by atoms with E-state index in [1.54, 1.807) is 18.4 Å². The lowest BCUT2D eigenvalue weighted by Gasteiger charge is -2.06. The number of rotatable bonds is 6. The van der Waals surface area contributed by atoms with Gasteiger partial charge in [-0.05, 0) is 36.6 Å². The SMILES string of the molecule is C\C=C/C=N\C(=C/C)n1cnn(CC(CN)=C(P)P)c1=O. The molecule has 2 N–H and O–H groups in total. The standard InChI is InChI=1S/C13H21N5OP2/c1-3-5-6-15-11(4-2)17-9-16-18(13(17)19)8-10(7-14)12(20)21/h3-6,9H,7-8,14,20-21H2,1-2H3/b5-3-,11-4+,15-6-. The van der Waals surface area contributed by atoms with Gasteiger partial charge < -0.3 is 5.73 Å². The summed E-state index contributed by atoms with van der Waals surface area (Å²) < 4.78 is 2.77. The first-order chi connectivity index (χ1) is 10.0. The first-order valence-electron chi connectivity index (χ1n) is 6.44. The maximum atomic E-state index is 12.3. The molecule has 1 aromatic rings. The third-order valence-corrected chi connectivity index (χ3v) is 3.54. The Morgan fingerprint density at radius 1 is 1.48 bits per heavy atom. The molecule has 0 spiro atoms. The van der Waals surface area contributed by atoms with E-state index in [1.165, 1.54) is 15.6 Å². The Morgan fingerprint density at radius 2 is 2.19 bits per heavy atom. The van der Waals surface area contributed by atoms with Crippen molar-refractivity contribution in [1.82, 2.24) is 14.3 Å². The van der Waals surface area contributed by atoms with Crippen LogP contribution in [0.25, 0.3) is 5.82 Å². The van der Waals surface area contributed by atoms with Crippen LogP contribution in [0, 0.1) is 0 Å². The van der Waals surface area contributed by atoms with Crippen molar-refractivity contribution >= 4 is 30.5 Å². The molecule has 114 valence electrons. The molecule has 0 aliphatic carbocycles. The van der Waals surface area contributed by atoms with Crippen LogP contribution in [0.1, 0.15) is 13.8 Å². The molecule has 0 bridgehead atoms. The van der Waals surface area contributed by atoms with E-state index in [0.717, 1.165) is 10.6 Å². The number of nitrogens with zero attached hydrogens (tertiary/aromatic N) is 4. The van der Waals surface area contributed by atoms with Crippen molar-refractivity contribution in [2.24, 2.45) is 10.7 Å². The van der Waals surface area contributed by atoms with Crippen LogP contribution in [0.3, 0.4) is 0 Å². The fourth-order valence-corrected chi connectivity index (χ4v) is 1.96. The highest BCUT2D eigenvalue weighted by atomic mass is 31.1. The van der Waals surface area contributed by atoms with Crippen LogP contribution < -0.4 is 11.4 Å². The lowest BCUT2D eigenvalue weighted by atomic mass is 10.3. The predicted octanol–water partition coefficient (Wildman–Crippen LogP) is 1.43. The van der Waals surface area contributed by atoms with Crippen LogP contribution in [-0.4, -0.2) is 27.1 Å². The minimum absolute atomic E-state index is 0.247. The molecule has 0 aliphatic rings. The van der Waals surface area contributed by atoms with E-state index in [-0.39, 0.29) is 5.69 Å². The molecule has 1 heterocycles. The molecule has 0 aromatic carbocycles. The molecule has 2 unspecified atom stereocenters. The Kier molecular flexibility index (Phi) is 7.44. The summed E-state index contributed by atoms with van der Waals surface area (Å²) in [5.41, 5.74) is 6.35. The van der Waals surface area contributed by atoms with E-state index in [4.69, 9.17) is 5.73 Å². The molecular formula is C13H21N5OP2. The molecule has 0 radical (unpaired) electrons. The zero-order chi connectivity index (χ0) is 15.8. The average molecular weight is 325 g/mol. The predicted molar refractivity (Wildman–Crippen MR) is 95.2 cm³/mol. The zero-order valence-corrected chi connectivity index (χ0v) is 14.5. The van der Waals surface area contributed by atoms with Gasteiger partial charge in [0.25, 0.3) is 0 Å². The van der Waals surface area contributed by atoms with Crippen LogP contribution in [0.5, 0.6) is 0 Å². The molecule has 21 heavy (non-hydrogen) atoms. The van der Waals surface area contributed by atoms with Gasteiger partial charge in [0.05, 0.1) is 6.54 Å². The second-order valence-electron chi connectivity index (χ2n) is 4.16. The number of aromatic nitrogens is 3. The highest BCUT2D eigenvalue weighted by Gasteiger charge is 2.09. The fraction of sp³-hybridized carbons (Fsp3) is 0.308. The molecular weight excluding hydrogens is 304 g/mol. The third-order valence-electron chi connectivity index (χ3n) is 2.72. The molecule has 1 aromatic heterocycles. The van der Waals surface area contributed by atoms with Crippen LogP contribution in [0.2, 0.25) is 0 Å². The second kappa shape index (κ2) is 8.83. The number of allylic oxidation sites excluding steroid dienone is 3. The van der Waals surface area contributed by atoms with Crippen molar-refractivity contribution in [3.05, 3.63) is 45.7 Å². The maximum Gasteiger partial charge on any atom is 0.351 e. The van der Waals surface area contributed by atoms with E-state index in [1.807, 2.05) is 19.9 Å². The Bertz CT molecular complexity index is 648. The first-order valence-corrected chi connectivity index (χ1v) is 7.60. The molecule has 0 saturated heterocycles. The quantitative estimate of drug-likeness (QED) is 0.635. The average Bonchev–Trinajstić information content (AvgIpc) is 2.82. The first kappa shape index (κ1) is 17.7. The van der Waals surface area contributed by atoms with Crippen LogP contribution in [0.15, 0.2) is 45.0 Å². The number of aliphatic imine (C=N–C) groups is 1. The van der Waals surface area contributed by atoms with Gasteiger partial charge in [-0.3, -0.25) is 0 Å². The van der Waals surface area contributed by atoms with Gasteiger partial charge in [0.1, 0.15) is 12.1 Å². The number of hydrogen-bond acceptors (Lipinski definition) is 4. The monoisotopic (exact) mass is 325 g/mol. The van der Waals surface area contributed by atoms with Gasteiger partial charge in [0.2, 0.25) is 0 Å². The Hall–Kier alpha value is -1.35. The van der Waals surface area contributed by atoms with Crippen LogP contribution >= 0.6 is 18.5 Å². The molecule has 2 atom stereocenters. The summed E-state index contributed by atoms with van der Waals surface area (Å²) >= 11 is 0. The number of nitrogens with two attached hydrogens (primary N) is 1. The smallest absolute Gasteiger partial charge is 0.327 e. The highest BCUT2D eigenvalue weighted by Crippen LogP contribution is 2.19. The van der Waals surface area contributed by atoms with Gasteiger partial charge in [-0.1, -0.05) is 6.08 Å². The number of hydrogen-bond donors (Lipinski definition) is 1. The summed E-state index contributed by atoms with van der Waals surface area (Å²) in [7, 11) is 5.13. The summed E-state index contributed by atoms with van der Waals surface area (Å²) in [4.78, 5) is 16.6. The topological polar surface area (TPSA) is 78.2 Å². The normalized spacial score (nSPS) is 12.5. The largest absolute Gasteiger partial charge is 0.351 e. The van der Waals surface area contributed by atoms with Crippen molar-refractivity contribution in [3.8, 4) is 0 Å². The van der Waals surface area contributed by atoms with Crippen LogP contribution in [-0.2, 0) is 6.54 Å². The zero-order valence-electron chi connectivity index (χ0n) is 12.2. The van der Waals surface area contributed by atoms with Gasteiger partial charge in [-0.25, -0.2) is 19.0 Å². The maximum absolute atomic E-state index is 12.3. The van der Waals surface area contributed by atoms with E-state index in [2.05, 4.69) is 28.6 Å². The molecule has 0 saturated carbocycles. The van der Waals surface area contributed by atoms with Gasteiger partial charge in [0, 0.05) is 12.8 Å². The van der Waals surface area contributed by atoms with Crippen molar-refractivity contribution in [2.45, 2.75) is 20.4 Å². The van der Waals surface area contributed by atoms with Crippen molar-refractivity contribution < 1.29 is 0 Å². The summed E-state index contributed by atoms with van der Waals surface area (Å²) in [6, 6.07) is 0. The molecule has 6 nitrogen and oxygen atoms in total. The van der Waals surface area contributed by atoms with Gasteiger partial charge in [-0.2, -0.15) is 5.10 Å². The Labute approximate surface area is 128 Å². The highest BCUT2D eigenvalue weighted by molar-refractivity contribution is 7.45. The van der Waals surface area contributed by atoms with Crippen molar-refractivity contribution in [3.63, 3.8) is 0 Å². The lowest BCUT2D eigenvalue weighted by molar-refractivity contribution is 0.639. The van der Waals surface area contributed by atoms with E-state index in [0.29, 0.717) is 18.9 Å².